The third kappa shape index (κ3) is 4.70. The summed E-state index contributed by atoms with van der Waals surface area (Å²) in [4.78, 5) is 24.4. The number of carbonyl (C=O) groups excluding carboxylic acids is 1. The summed E-state index contributed by atoms with van der Waals surface area (Å²) in [5.41, 5.74) is -0.535. The first kappa shape index (κ1) is 15.8. The van der Waals surface area contributed by atoms with Gasteiger partial charge in [-0.05, 0) is 33.6 Å². The maximum Gasteiger partial charge on any atom is 0.317 e. The Kier molecular flexibility index (Phi) is 5.17. The molecule has 0 saturated carbocycles. The topological polar surface area (TPSA) is 78.9 Å². The van der Waals surface area contributed by atoms with Crippen molar-refractivity contribution in [1.29, 1.82) is 0 Å². The molecule has 0 bridgehead atoms. The minimum absolute atomic E-state index is 0.0397. The monoisotopic (exact) mass is 272 g/mol. The Labute approximate surface area is 114 Å². The third-order valence-corrected chi connectivity index (χ3v) is 3.56. The van der Waals surface area contributed by atoms with Crippen LogP contribution in [-0.4, -0.2) is 53.3 Å². The lowest BCUT2D eigenvalue weighted by Crippen LogP contribution is -2.53. The van der Waals surface area contributed by atoms with Gasteiger partial charge >= 0.3 is 12.0 Å². The van der Waals surface area contributed by atoms with Crippen LogP contribution in [0.25, 0.3) is 0 Å². The van der Waals surface area contributed by atoms with Crippen molar-refractivity contribution < 1.29 is 19.4 Å². The molecule has 1 fully saturated rings. The average Bonchev–Trinajstić information content (AvgIpc) is 2.71. The summed E-state index contributed by atoms with van der Waals surface area (Å²) in [5, 5.41) is 11.6. The van der Waals surface area contributed by atoms with Gasteiger partial charge in [-0.15, -0.1) is 0 Å². The van der Waals surface area contributed by atoms with E-state index in [0.717, 1.165) is 6.42 Å². The Bertz CT molecular complexity index is 344. The molecule has 110 valence electrons. The van der Waals surface area contributed by atoms with Gasteiger partial charge < -0.3 is 20.1 Å². The zero-order chi connectivity index (χ0) is 14.6. The lowest BCUT2D eigenvalue weighted by Gasteiger charge is -2.32. The van der Waals surface area contributed by atoms with Crippen LogP contribution in [0.5, 0.6) is 0 Å². The van der Waals surface area contributed by atoms with Crippen LogP contribution in [0.1, 0.15) is 40.0 Å². The molecule has 0 aliphatic carbocycles. The van der Waals surface area contributed by atoms with Crippen LogP contribution >= 0.6 is 0 Å². The molecule has 19 heavy (non-hydrogen) atoms. The zero-order valence-electron chi connectivity index (χ0n) is 12.1. The van der Waals surface area contributed by atoms with Crippen molar-refractivity contribution >= 4 is 12.0 Å². The Balaban J connectivity index is 2.50. The fourth-order valence-electron chi connectivity index (χ4n) is 2.24. The first-order valence-electron chi connectivity index (χ1n) is 6.61. The van der Waals surface area contributed by atoms with Crippen LogP contribution in [-0.2, 0) is 9.53 Å². The highest BCUT2D eigenvalue weighted by atomic mass is 16.5. The van der Waals surface area contributed by atoms with Crippen LogP contribution in [0.2, 0.25) is 0 Å². The second-order valence-corrected chi connectivity index (χ2v) is 5.75. The molecule has 6 heteroatoms. The molecule has 0 aromatic heterocycles. The number of nitrogens with zero attached hydrogens (tertiary/aromatic N) is 1. The minimum Gasteiger partial charge on any atom is -0.481 e. The first-order valence-corrected chi connectivity index (χ1v) is 6.61. The van der Waals surface area contributed by atoms with Gasteiger partial charge in [-0.25, -0.2) is 4.79 Å². The van der Waals surface area contributed by atoms with Gasteiger partial charge in [0.25, 0.3) is 0 Å². The zero-order valence-corrected chi connectivity index (χ0v) is 12.1. The summed E-state index contributed by atoms with van der Waals surface area (Å²) in [6, 6.07) is -0.104. The second kappa shape index (κ2) is 6.23. The van der Waals surface area contributed by atoms with E-state index in [1.807, 2.05) is 20.8 Å². The number of ether oxygens (including phenoxy) is 1. The summed E-state index contributed by atoms with van der Waals surface area (Å²) < 4.78 is 5.45. The summed E-state index contributed by atoms with van der Waals surface area (Å²) in [6.45, 7) is 6.29. The van der Waals surface area contributed by atoms with Gasteiger partial charge in [-0.2, -0.15) is 0 Å². The van der Waals surface area contributed by atoms with E-state index >= 15 is 0 Å². The van der Waals surface area contributed by atoms with E-state index in [1.165, 1.54) is 0 Å². The SMILES string of the molecule is CC1OCCC1N(C)C(=O)NC(C)(C)CCC(=O)O. The molecule has 0 spiro atoms. The van der Waals surface area contributed by atoms with Gasteiger partial charge in [-0.1, -0.05) is 0 Å². The smallest absolute Gasteiger partial charge is 0.317 e. The van der Waals surface area contributed by atoms with Crippen LogP contribution < -0.4 is 5.32 Å². The van der Waals surface area contributed by atoms with Gasteiger partial charge in [0.2, 0.25) is 0 Å². The fraction of sp³-hybridized carbons (Fsp3) is 0.846. The number of amides is 2. The molecule has 0 radical (unpaired) electrons. The summed E-state index contributed by atoms with van der Waals surface area (Å²) in [5.74, 6) is -0.853. The molecule has 2 atom stereocenters. The number of nitrogens with one attached hydrogen (secondary N) is 1. The van der Waals surface area contributed by atoms with E-state index in [-0.39, 0.29) is 24.6 Å². The van der Waals surface area contributed by atoms with Crippen molar-refractivity contribution in [3.63, 3.8) is 0 Å². The minimum atomic E-state index is -0.853. The van der Waals surface area contributed by atoms with Gasteiger partial charge in [-0.3, -0.25) is 4.79 Å². The second-order valence-electron chi connectivity index (χ2n) is 5.75. The van der Waals surface area contributed by atoms with Crippen LogP contribution in [0, 0.1) is 0 Å². The van der Waals surface area contributed by atoms with E-state index in [1.54, 1.807) is 11.9 Å². The lowest BCUT2D eigenvalue weighted by molar-refractivity contribution is -0.137. The molecule has 6 nitrogen and oxygen atoms in total. The standard InChI is InChI=1S/C13H24N2O4/c1-9-10(6-8-19-9)15(4)12(18)14-13(2,3)7-5-11(16)17/h9-10H,5-8H2,1-4H3,(H,14,18)(H,16,17). The van der Waals surface area contributed by atoms with Crippen molar-refractivity contribution in [2.75, 3.05) is 13.7 Å². The molecule has 1 heterocycles. The summed E-state index contributed by atoms with van der Waals surface area (Å²) in [6.07, 6.45) is 1.32. The Morgan fingerprint density at radius 2 is 2.11 bits per heavy atom. The van der Waals surface area contributed by atoms with E-state index in [9.17, 15) is 9.59 Å². The van der Waals surface area contributed by atoms with Crippen molar-refractivity contribution in [3.05, 3.63) is 0 Å². The molecule has 1 saturated heterocycles. The van der Waals surface area contributed by atoms with Crippen molar-refractivity contribution in [2.24, 2.45) is 0 Å². The molecule has 2 N–H and O–H groups in total. The van der Waals surface area contributed by atoms with Gasteiger partial charge in [0.15, 0.2) is 0 Å². The van der Waals surface area contributed by atoms with E-state index in [0.29, 0.717) is 13.0 Å². The van der Waals surface area contributed by atoms with Gasteiger partial charge in [0.05, 0.1) is 12.1 Å². The van der Waals surface area contributed by atoms with E-state index in [4.69, 9.17) is 9.84 Å². The predicted molar refractivity (Wildman–Crippen MR) is 71.1 cm³/mol. The van der Waals surface area contributed by atoms with Crippen molar-refractivity contribution in [1.82, 2.24) is 10.2 Å². The molecule has 1 aliphatic rings. The third-order valence-electron chi connectivity index (χ3n) is 3.56. The quantitative estimate of drug-likeness (QED) is 0.794. The van der Waals surface area contributed by atoms with Gasteiger partial charge in [0.1, 0.15) is 0 Å². The molecule has 0 aromatic rings. The molecule has 1 aliphatic heterocycles. The number of likely N-dealkylation sites (N-methyl/N-ethyl adjacent to an activating group) is 1. The lowest BCUT2D eigenvalue weighted by atomic mass is 9.98. The number of carboxylic acids is 1. The first-order chi connectivity index (χ1) is 8.73. The Morgan fingerprint density at radius 3 is 2.58 bits per heavy atom. The summed E-state index contributed by atoms with van der Waals surface area (Å²) in [7, 11) is 1.75. The highest BCUT2D eigenvalue weighted by Crippen LogP contribution is 2.19. The van der Waals surface area contributed by atoms with E-state index in [2.05, 4.69) is 5.32 Å². The Hall–Kier alpha value is -1.30. The largest absolute Gasteiger partial charge is 0.481 e. The van der Waals surface area contributed by atoms with Crippen LogP contribution in [0.3, 0.4) is 0 Å². The molecule has 2 unspecified atom stereocenters. The molecule has 0 aromatic carbocycles. The number of aliphatic carboxylic acids is 1. The highest BCUT2D eigenvalue weighted by molar-refractivity contribution is 5.75. The maximum absolute atomic E-state index is 12.1. The van der Waals surface area contributed by atoms with Crippen molar-refractivity contribution in [3.8, 4) is 0 Å². The number of hydrogen-bond donors (Lipinski definition) is 2. The van der Waals surface area contributed by atoms with Crippen LogP contribution in [0.15, 0.2) is 0 Å². The number of carbonyl (C=O) groups is 2. The number of carboxylic acid groups (broad SMARTS) is 1. The number of urea groups is 1. The van der Waals surface area contributed by atoms with Crippen LogP contribution in [0.4, 0.5) is 4.79 Å². The molecule has 1 rings (SSSR count). The maximum atomic E-state index is 12.1. The number of rotatable bonds is 5. The predicted octanol–water partition coefficient (Wildman–Crippen LogP) is 1.45. The highest BCUT2D eigenvalue weighted by Gasteiger charge is 2.32. The molecule has 2 amide bonds. The van der Waals surface area contributed by atoms with Gasteiger partial charge in [0, 0.05) is 25.6 Å². The summed E-state index contributed by atoms with van der Waals surface area (Å²) >= 11 is 0. The fourth-order valence-corrected chi connectivity index (χ4v) is 2.24. The molecular formula is C13H24N2O4. The molecular weight excluding hydrogens is 248 g/mol. The number of hydrogen-bond acceptors (Lipinski definition) is 3. The normalized spacial score (nSPS) is 23.2. The van der Waals surface area contributed by atoms with E-state index < -0.39 is 11.5 Å². The Morgan fingerprint density at radius 1 is 1.47 bits per heavy atom. The average molecular weight is 272 g/mol. The van der Waals surface area contributed by atoms with Crippen molar-refractivity contribution in [2.45, 2.75) is 57.7 Å².